The third-order valence-electron chi connectivity index (χ3n) is 11.3. The van der Waals surface area contributed by atoms with E-state index in [1.54, 1.807) is 6.07 Å². The minimum Gasteiger partial charge on any atom is -0.481 e. The fraction of sp³-hybridized carbons (Fsp3) is 0.391. The van der Waals surface area contributed by atoms with Crippen LogP contribution in [0.25, 0.3) is 22.1 Å². The summed E-state index contributed by atoms with van der Waals surface area (Å²) >= 11 is 0. The first-order valence-electron chi connectivity index (χ1n) is 20.8. The van der Waals surface area contributed by atoms with Crippen molar-refractivity contribution in [2.45, 2.75) is 108 Å². The number of fused-ring (bicyclic) bond motifs is 4. The van der Waals surface area contributed by atoms with Gasteiger partial charge in [0.2, 0.25) is 0 Å². The molecule has 4 aromatic heterocycles. The standard InChI is InChI=1S/C23H22F2N2O3.C11H8F2O4.C11H15N3.CH3F/c1-21(2,3)19-12-16-15(27-19)6-5-14(26-16)11-20(28)22(8-9-22)13-4-7-17-18(10-13)30-23(24,25)29-17;12-11(13)16-7-2-1-6(5-8(7)17-11)10(3-4-10)9(14)15;1-11(2,3)9-6-8-7(13-9)4-5-10(12)14-8;1-2/h4-7,10,12,27H,8-9,11H2,1-3H3;1-2,5H,3-4H2,(H,14,15);4-6,13H,1-3H3,(H2,12,14);1H3/i;;;1D. The second-order valence-electron chi connectivity index (χ2n) is 18.0. The molecule has 6 heterocycles. The van der Waals surface area contributed by atoms with Crippen LogP contribution in [-0.4, -0.2) is 56.5 Å². The molecule has 0 atom stereocenters. The second-order valence-corrected chi connectivity index (χ2v) is 18.0. The minimum absolute atomic E-state index is 0.0128. The van der Waals surface area contributed by atoms with Crippen LogP contribution in [0.3, 0.4) is 0 Å². The molecule has 2 aliphatic heterocycles. The first kappa shape index (κ1) is 43.3. The van der Waals surface area contributed by atoms with Crippen molar-refractivity contribution < 1.29 is 57.0 Å². The Labute approximate surface area is 360 Å². The number of hydrogen-bond acceptors (Lipinski definition) is 9. The summed E-state index contributed by atoms with van der Waals surface area (Å²) in [5.74, 6) is -0.564. The lowest BCUT2D eigenvalue weighted by Crippen LogP contribution is -2.26. The Balaban J connectivity index is 0.000000152. The second kappa shape index (κ2) is 15.8. The normalized spacial score (nSPS) is 17.9. The summed E-state index contributed by atoms with van der Waals surface area (Å²) < 4.78 is 85.2. The van der Waals surface area contributed by atoms with Crippen molar-refractivity contribution in [3.63, 3.8) is 0 Å². The molecule has 10 rings (SSSR count). The number of carbonyl (C=O) groups excluding carboxylic acids is 1. The molecule has 2 fully saturated rings. The lowest BCUT2D eigenvalue weighted by molar-refractivity contribution is -0.287. The van der Waals surface area contributed by atoms with E-state index in [1.165, 1.54) is 36.0 Å². The number of benzene rings is 2. The van der Waals surface area contributed by atoms with Crippen LogP contribution in [0.15, 0.2) is 72.8 Å². The number of rotatable bonds is 6. The Hall–Kier alpha value is -6.39. The molecule has 4 aliphatic rings. The van der Waals surface area contributed by atoms with E-state index in [2.05, 4.69) is 86.5 Å². The van der Waals surface area contributed by atoms with Gasteiger partial charge in [0, 0.05) is 34.3 Å². The predicted octanol–water partition coefficient (Wildman–Crippen LogP) is 10.2. The zero-order valence-electron chi connectivity index (χ0n) is 36.4. The molecule has 17 heteroatoms. The first-order valence-corrected chi connectivity index (χ1v) is 20.0. The number of carboxylic acids is 1. The largest absolute Gasteiger partial charge is 0.586 e. The number of Topliss-reactive ketones (excluding diaryl/α,β-unsaturated/α-hetero) is 1. The van der Waals surface area contributed by atoms with Gasteiger partial charge in [-0.3, -0.25) is 19.0 Å². The van der Waals surface area contributed by atoms with Crippen LogP contribution in [-0.2, 0) is 37.7 Å². The molecule has 334 valence electrons. The third-order valence-corrected chi connectivity index (χ3v) is 11.3. The van der Waals surface area contributed by atoms with Gasteiger partial charge in [0.25, 0.3) is 0 Å². The maximum absolute atomic E-state index is 13.3. The molecular weight excluding hydrogens is 830 g/mol. The number of halogens is 5. The number of ether oxygens (including phenoxy) is 4. The quantitative estimate of drug-likeness (QED) is 0.118. The van der Waals surface area contributed by atoms with E-state index in [9.17, 15) is 31.5 Å². The predicted molar refractivity (Wildman–Crippen MR) is 224 cm³/mol. The lowest BCUT2D eigenvalue weighted by atomic mass is 9.88. The van der Waals surface area contributed by atoms with Crippen LogP contribution in [0.5, 0.6) is 23.0 Å². The molecule has 0 radical (unpaired) electrons. The van der Waals surface area contributed by atoms with E-state index in [0.717, 1.165) is 27.8 Å². The van der Waals surface area contributed by atoms with Crippen molar-refractivity contribution in [2.75, 3.05) is 12.9 Å². The van der Waals surface area contributed by atoms with Crippen LogP contribution in [0.4, 0.5) is 27.8 Å². The molecule has 0 spiro atoms. The number of carboxylic acid groups (broad SMARTS) is 1. The van der Waals surface area contributed by atoms with Gasteiger partial charge in [-0.05, 0) is 97.5 Å². The van der Waals surface area contributed by atoms with Gasteiger partial charge in [0.05, 0.1) is 41.4 Å². The van der Waals surface area contributed by atoms with Crippen LogP contribution < -0.4 is 24.7 Å². The fourth-order valence-electron chi connectivity index (χ4n) is 7.41. The molecule has 0 bridgehead atoms. The van der Waals surface area contributed by atoms with E-state index in [4.69, 9.17) is 12.2 Å². The number of pyridine rings is 2. The number of nitrogens with zero attached hydrogens (tertiary/aromatic N) is 2. The zero-order chi connectivity index (χ0) is 46.6. The van der Waals surface area contributed by atoms with Gasteiger partial charge in [-0.2, -0.15) is 0 Å². The maximum Gasteiger partial charge on any atom is 0.586 e. The molecule has 5 N–H and O–H groups in total. The van der Waals surface area contributed by atoms with Gasteiger partial charge in [-0.15, -0.1) is 17.6 Å². The number of alkyl halides is 5. The van der Waals surface area contributed by atoms with Gasteiger partial charge in [0.1, 0.15) is 11.6 Å². The number of ketones is 1. The highest BCUT2D eigenvalue weighted by molar-refractivity contribution is 5.95. The number of carbonyl (C=O) groups is 2. The highest BCUT2D eigenvalue weighted by Crippen LogP contribution is 2.53. The summed E-state index contributed by atoms with van der Waals surface area (Å²) in [6.45, 7) is 12.9. The third kappa shape index (κ3) is 9.23. The molecule has 63 heavy (non-hydrogen) atoms. The summed E-state index contributed by atoms with van der Waals surface area (Å²) in [5.41, 5.74) is 12.0. The maximum atomic E-state index is 13.3. The van der Waals surface area contributed by atoms with E-state index < -0.39 is 36.5 Å². The lowest BCUT2D eigenvalue weighted by Gasteiger charge is -2.15. The number of nitrogens with two attached hydrogens (primary N) is 1. The molecular formula is C46H48F5N5O7. The fourth-order valence-corrected chi connectivity index (χ4v) is 7.41. The highest BCUT2D eigenvalue weighted by Gasteiger charge is 2.54. The Morgan fingerprint density at radius 2 is 1.11 bits per heavy atom. The van der Waals surface area contributed by atoms with Crippen molar-refractivity contribution in [2.24, 2.45) is 0 Å². The molecule has 0 saturated heterocycles. The van der Waals surface area contributed by atoms with E-state index in [1.807, 2.05) is 30.3 Å². The summed E-state index contributed by atoms with van der Waals surface area (Å²) in [6.07, 6.45) is -4.75. The average Bonchev–Trinajstić information content (AvgIpc) is 4.02. The number of aliphatic carboxylic acids is 1. The number of aromatic nitrogens is 4. The summed E-state index contributed by atoms with van der Waals surface area (Å²) in [4.78, 5) is 39.9. The number of hydrogen-bond donors (Lipinski definition) is 4. The summed E-state index contributed by atoms with van der Waals surface area (Å²) in [5, 5.41) is 9.09. The number of aromatic amines is 2. The van der Waals surface area contributed by atoms with E-state index in [0.29, 0.717) is 48.3 Å². The van der Waals surface area contributed by atoms with E-state index >= 15 is 0 Å². The van der Waals surface area contributed by atoms with Crippen molar-refractivity contribution in [1.29, 1.82) is 0 Å². The Morgan fingerprint density at radius 1 is 0.683 bits per heavy atom. The summed E-state index contributed by atoms with van der Waals surface area (Å²) in [6, 6.07) is 20.4. The monoisotopic (exact) mass is 878 g/mol. The molecule has 12 nitrogen and oxygen atoms in total. The number of anilines is 1. The molecule has 2 aromatic carbocycles. The number of nitrogen functional groups attached to an aromatic ring is 1. The number of H-pyrrole nitrogens is 2. The van der Waals surface area contributed by atoms with Gasteiger partial charge in [-0.25, -0.2) is 4.98 Å². The topological polar surface area (TPSA) is 175 Å². The first-order chi connectivity index (χ1) is 29.9. The average molecular weight is 879 g/mol. The van der Waals surface area contributed by atoms with Gasteiger partial charge >= 0.3 is 18.6 Å². The van der Waals surface area contributed by atoms with Gasteiger partial charge in [-0.1, -0.05) is 53.7 Å². The highest BCUT2D eigenvalue weighted by atomic mass is 19.3. The van der Waals surface area contributed by atoms with Gasteiger partial charge < -0.3 is 39.8 Å². The van der Waals surface area contributed by atoms with E-state index in [-0.39, 0.29) is 46.0 Å². The molecule has 0 amide bonds. The van der Waals surface area contributed by atoms with Crippen LogP contribution in [0, 0.1) is 0 Å². The van der Waals surface area contributed by atoms with Crippen LogP contribution >= 0.6 is 0 Å². The van der Waals surface area contributed by atoms with Crippen molar-refractivity contribution in [3.8, 4) is 23.0 Å². The van der Waals surface area contributed by atoms with Crippen LogP contribution in [0.1, 0.15) is 96.8 Å². The summed E-state index contributed by atoms with van der Waals surface area (Å²) in [7, 11) is -1.00. The van der Waals surface area contributed by atoms with Crippen LogP contribution in [0.2, 0.25) is 0 Å². The van der Waals surface area contributed by atoms with Crippen molar-refractivity contribution >= 4 is 39.6 Å². The van der Waals surface area contributed by atoms with Crippen molar-refractivity contribution in [3.05, 3.63) is 101 Å². The Kier molecular flexibility index (Phi) is 10.8. The Morgan fingerprint density at radius 3 is 1.56 bits per heavy atom. The molecule has 0 unspecified atom stereocenters. The molecule has 6 aromatic rings. The molecule has 2 saturated carbocycles. The number of nitrogens with one attached hydrogen (secondary N) is 2. The van der Waals surface area contributed by atoms with Crippen molar-refractivity contribution in [1.82, 2.24) is 19.9 Å². The molecule has 2 aliphatic carbocycles. The Bertz CT molecular complexity index is 2740. The SMILES string of the molecule is CC(C)(C)c1cc2nc(CC(=O)C3(c4ccc5c(c4)OC(F)(F)O5)CC3)ccc2[nH]1.CC(C)(C)c1cc2nc(N)ccc2[nH]1.O=C(O)C1(c2ccc3c(c2)OC(F)(F)O3)CC1.[2H]CF. The van der Waals surface area contributed by atoms with Gasteiger partial charge in [0.15, 0.2) is 23.0 Å². The minimum atomic E-state index is -3.67. The smallest absolute Gasteiger partial charge is 0.481 e. The zero-order valence-corrected chi connectivity index (χ0v) is 35.4.